The molecule has 1 N–H and O–H groups in total. The number of aryl methyl sites for hydroxylation is 2. The molecule has 0 bridgehead atoms. The fourth-order valence-electron chi connectivity index (χ4n) is 2.77. The summed E-state index contributed by atoms with van der Waals surface area (Å²) in [5.74, 6) is -1.15. The van der Waals surface area contributed by atoms with Crippen molar-refractivity contribution in [3.8, 4) is 11.5 Å². The Kier molecular flexibility index (Phi) is 8.51. The molecule has 26 heavy (non-hydrogen) atoms. The van der Waals surface area contributed by atoms with Crippen LogP contribution >= 0.6 is 0 Å². The van der Waals surface area contributed by atoms with Crippen LogP contribution < -0.4 is 28.7 Å². The van der Waals surface area contributed by atoms with Gasteiger partial charge in [0, 0.05) is 11.1 Å². The first-order valence-electron chi connectivity index (χ1n) is 8.24. The fraction of sp³-hybridized carbons (Fsp3) is 0.286. The average Bonchev–Trinajstić information content (AvgIpc) is 2.58. The van der Waals surface area contributed by atoms with Crippen LogP contribution in [-0.2, 0) is 19.3 Å². The van der Waals surface area contributed by atoms with Crippen molar-refractivity contribution < 1.29 is 38.6 Å². The van der Waals surface area contributed by atoms with Crippen molar-refractivity contribution in [2.75, 3.05) is 7.11 Å². The fourth-order valence-corrected chi connectivity index (χ4v) is 2.77. The van der Waals surface area contributed by atoms with Gasteiger partial charge in [-0.2, -0.15) is 0 Å². The van der Waals surface area contributed by atoms with E-state index in [-0.39, 0.29) is 30.2 Å². The first kappa shape index (κ1) is 21.9. The van der Waals surface area contributed by atoms with Crippen LogP contribution in [0.4, 0.5) is 0 Å². The van der Waals surface area contributed by atoms with Gasteiger partial charge in [0.05, 0.1) is 13.1 Å². The van der Waals surface area contributed by atoms with Crippen LogP contribution in [0.1, 0.15) is 40.9 Å². The molecular weight excluding hydrogens is 323 g/mol. The molecule has 0 spiro atoms. The molecule has 0 radical (unpaired) electrons. The largest absolute Gasteiger partial charge is 1.00 e. The van der Waals surface area contributed by atoms with Crippen LogP contribution in [0.25, 0.3) is 0 Å². The molecule has 0 fully saturated rings. The number of phenols is 1. The van der Waals surface area contributed by atoms with Crippen LogP contribution in [0.3, 0.4) is 0 Å². The first-order chi connectivity index (χ1) is 11.9. The van der Waals surface area contributed by atoms with E-state index in [4.69, 9.17) is 4.74 Å². The van der Waals surface area contributed by atoms with E-state index in [0.29, 0.717) is 36.1 Å². The number of carboxylic acid groups (broad SMARTS) is 1. The summed E-state index contributed by atoms with van der Waals surface area (Å²) >= 11 is 0. The summed E-state index contributed by atoms with van der Waals surface area (Å²) in [6.45, 7) is 3.88. The summed E-state index contributed by atoms with van der Waals surface area (Å²) in [5.41, 5.74) is 3.00. The normalized spacial score (nSPS) is 9.96. The van der Waals surface area contributed by atoms with E-state index in [1.807, 2.05) is 50.3 Å². The van der Waals surface area contributed by atoms with Gasteiger partial charge in [0.2, 0.25) is 0 Å². The Morgan fingerprint density at radius 1 is 1.19 bits per heavy atom. The maximum atomic E-state index is 11.6. The Morgan fingerprint density at radius 2 is 1.85 bits per heavy atom. The second kappa shape index (κ2) is 10.1. The van der Waals surface area contributed by atoms with E-state index >= 15 is 0 Å². The minimum atomic E-state index is -1.37. The van der Waals surface area contributed by atoms with Gasteiger partial charge in [-0.1, -0.05) is 42.0 Å². The standard InChI is InChI=1S/C21H24O4.Li/c1-14(2)9-12-17-18(25-3)13-16(19(20(17)22)21(23)24)11-10-15-7-5-4-6-8-15;/h4-9,13,22H,10-12H2,1-3H3,(H,23,24);/q;+1/p-1. The summed E-state index contributed by atoms with van der Waals surface area (Å²) < 4.78 is 5.38. The third kappa shape index (κ3) is 5.42. The molecule has 5 heteroatoms. The predicted octanol–water partition coefficient (Wildman–Crippen LogP) is 0.0622. The van der Waals surface area contributed by atoms with Crippen molar-refractivity contribution in [3.63, 3.8) is 0 Å². The van der Waals surface area contributed by atoms with E-state index in [1.165, 1.54) is 7.11 Å². The topological polar surface area (TPSA) is 69.6 Å². The maximum Gasteiger partial charge on any atom is 1.00 e. The number of methoxy groups -OCH3 is 1. The van der Waals surface area contributed by atoms with Gasteiger partial charge in [-0.15, -0.1) is 0 Å². The third-order valence-corrected chi connectivity index (χ3v) is 4.11. The van der Waals surface area contributed by atoms with E-state index in [0.717, 1.165) is 11.1 Å². The molecule has 0 saturated heterocycles. The minimum Gasteiger partial charge on any atom is -0.545 e. The molecular formula is C21H23LiO4. The van der Waals surface area contributed by atoms with Gasteiger partial charge in [0.1, 0.15) is 11.5 Å². The Hall–Kier alpha value is -2.15. The number of hydrogen-bond acceptors (Lipinski definition) is 4. The van der Waals surface area contributed by atoms with Crippen LogP contribution in [-0.4, -0.2) is 18.2 Å². The number of allylic oxidation sites excluding steroid dienone is 2. The second-order valence-electron chi connectivity index (χ2n) is 6.20. The molecule has 0 amide bonds. The van der Waals surface area contributed by atoms with Crippen molar-refractivity contribution in [1.82, 2.24) is 0 Å². The first-order valence-corrected chi connectivity index (χ1v) is 8.24. The second-order valence-corrected chi connectivity index (χ2v) is 6.20. The number of aromatic hydroxyl groups is 1. The summed E-state index contributed by atoms with van der Waals surface area (Å²) in [5, 5.41) is 22.1. The zero-order chi connectivity index (χ0) is 18.4. The Balaban J connectivity index is 0.00000338. The Labute approximate surface area is 166 Å². The number of carboxylic acids is 1. The number of rotatable bonds is 7. The van der Waals surface area contributed by atoms with Gasteiger partial charge >= 0.3 is 18.9 Å². The molecule has 2 aromatic rings. The Bertz CT molecular complexity index is 778. The summed E-state index contributed by atoms with van der Waals surface area (Å²) in [6.07, 6.45) is 3.45. The van der Waals surface area contributed by atoms with Gasteiger partial charge in [0.25, 0.3) is 0 Å². The average molecular weight is 346 g/mol. The van der Waals surface area contributed by atoms with Gasteiger partial charge < -0.3 is 19.7 Å². The molecule has 0 atom stereocenters. The van der Waals surface area contributed by atoms with Crippen LogP contribution in [0.5, 0.6) is 11.5 Å². The number of benzene rings is 2. The monoisotopic (exact) mass is 346 g/mol. The minimum absolute atomic E-state index is 0. The van der Waals surface area contributed by atoms with E-state index in [1.54, 1.807) is 6.07 Å². The summed E-state index contributed by atoms with van der Waals surface area (Å²) in [6, 6.07) is 11.5. The van der Waals surface area contributed by atoms with Crippen molar-refractivity contribution >= 4 is 5.97 Å². The third-order valence-electron chi connectivity index (χ3n) is 4.11. The smallest absolute Gasteiger partial charge is 0.545 e. The molecule has 2 rings (SSSR count). The molecule has 132 valence electrons. The van der Waals surface area contributed by atoms with Gasteiger partial charge in [-0.25, -0.2) is 0 Å². The molecule has 0 aromatic heterocycles. The zero-order valence-corrected chi connectivity index (χ0v) is 15.8. The summed E-state index contributed by atoms with van der Waals surface area (Å²) in [4.78, 5) is 11.6. The molecule has 0 aliphatic carbocycles. The summed E-state index contributed by atoms with van der Waals surface area (Å²) in [7, 11) is 1.51. The van der Waals surface area contributed by atoms with Crippen molar-refractivity contribution in [2.24, 2.45) is 0 Å². The Morgan fingerprint density at radius 3 is 2.38 bits per heavy atom. The molecule has 0 heterocycles. The van der Waals surface area contributed by atoms with Crippen molar-refractivity contribution in [3.05, 3.63) is 70.3 Å². The van der Waals surface area contributed by atoms with E-state index < -0.39 is 5.97 Å². The van der Waals surface area contributed by atoms with Crippen LogP contribution in [0.15, 0.2) is 48.0 Å². The molecule has 2 aromatic carbocycles. The maximum absolute atomic E-state index is 11.6. The predicted molar refractivity (Wildman–Crippen MR) is 96.0 cm³/mol. The SMILES string of the molecule is COc1cc(CCc2ccccc2)c(C(=O)[O-])c(O)c1CC=C(C)C.[Li+]. The number of hydrogen-bond donors (Lipinski definition) is 1. The van der Waals surface area contributed by atoms with Crippen LogP contribution in [0, 0.1) is 0 Å². The number of ether oxygens (including phenoxy) is 1. The zero-order valence-electron chi connectivity index (χ0n) is 15.8. The van der Waals surface area contributed by atoms with Crippen molar-refractivity contribution in [2.45, 2.75) is 33.1 Å². The number of carbonyl (C=O) groups is 1. The molecule has 0 saturated carbocycles. The van der Waals surface area contributed by atoms with Gasteiger partial charge in [0.15, 0.2) is 0 Å². The molecule has 0 aliphatic heterocycles. The van der Waals surface area contributed by atoms with Crippen LogP contribution in [0.2, 0.25) is 0 Å². The van der Waals surface area contributed by atoms with E-state index in [9.17, 15) is 15.0 Å². The quantitative estimate of drug-likeness (QED) is 0.569. The molecule has 0 unspecified atom stereocenters. The number of carbonyl (C=O) groups excluding carboxylic acids is 1. The molecule has 0 aliphatic rings. The van der Waals surface area contributed by atoms with E-state index in [2.05, 4.69) is 0 Å². The van der Waals surface area contributed by atoms with Gasteiger partial charge in [-0.3, -0.25) is 0 Å². The van der Waals surface area contributed by atoms with Crippen molar-refractivity contribution in [1.29, 1.82) is 0 Å². The number of aromatic carboxylic acids is 1. The van der Waals surface area contributed by atoms with Gasteiger partial charge in [-0.05, 0) is 50.3 Å². The molecule has 4 nitrogen and oxygen atoms in total.